The molecule has 0 spiro atoms. The normalized spacial score (nSPS) is 18.8. The van der Waals surface area contributed by atoms with Crippen molar-refractivity contribution in [3.8, 4) is 5.75 Å². The van der Waals surface area contributed by atoms with Gasteiger partial charge in [-0.2, -0.15) is 0 Å². The maximum atomic E-state index is 11.3. The van der Waals surface area contributed by atoms with Gasteiger partial charge in [0, 0.05) is 23.9 Å². The highest BCUT2D eigenvalue weighted by atomic mass is 16.5. The smallest absolute Gasteiger partial charge is 0.335 e. The van der Waals surface area contributed by atoms with Crippen LogP contribution in [0.25, 0.3) is 11.1 Å². The van der Waals surface area contributed by atoms with E-state index in [4.69, 9.17) is 4.74 Å². The molecule has 2 unspecified atom stereocenters. The number of benzene rings is 2. The van der Waals surface area contributed by atoms with Crippen LogP contribution in [0.15, 0.2) is 85.4 Å². The largest absolute Gasteiger partial charge is 0.497 e. The van der Waals surface area contributed by atoms with Gasteiger partial charge in [0.1, 0.15) is 17.9 Å². The van der Waals surface area contributed by atoms with Crippen molar-refractivity contribution in [3.05, 3.63) is 108 Å². The average molecular weight is 452 g/mol. The number of anilines is 1. The molecule has 1 aromatic heterocycles. The van der Waals surface area contributed by atoms with Crippen LogP contribution in [-0.2, 0) is 6.42 Å². The molecule has 2 aromatic carbocycles. The summed E-state index contributed by atoms with van der Waals surface area (Å²) in [5, 5.41) is 9.28. The van der Waals surface area contributed by atoms with Crippen molar-refractivity contribution >= 4 is 22.9 Å². The molecule has 0 radical (unpaired) electrons. The van der Waals surface area contributed by atoms with Crippen LogP contribution < -0.4 is 9.64 Å². The zero-order valence-corrected chi connectivity index (χ0v) is 19.1. The van der Waals surface area contributed by atoms with Crippen molar-refractivity contribution in [2.24, 2.45) is 5.92 Å². The Morgan fingerprint density at radius 1 is 1.06 bits per heavy atom. The Bertz CT molecular complexity index is 1310. The van der Waals surface area contributed by atoms with Crippen molar-refractivity contribution in [2.75, 3.05) is 12.0 Å². The zero-order valence-electron chi connectivity index (χ0n) is 19.1. The van der Waals surface area contributed by atoms with Gasteiger partial charge in [-0.25, -0.2) is 14.8 Å². The maximum absolute atomic E-state index is 11.3. The van der Waals surface area contributed by atoms with E-state index in [-0.39, 0.29) is 17.5 Å². The van der Waals surface area contributed by atoms with Crippen LogP contribution in [0.3, 0.4) is 0 Å². The zero-order chi connectivity index (χ0) is 23.7. The molecule has 0 bridgehead atoms. The third-order valence-electron chi connectivity index (χ3n) is 6.38. The van der Waals surface area contributed by atoms with Crippen molar-refractivity contribution in [3.63, 3.8) is 0 Å². The van der Waals surface area contributed by atoms with Gasteiger partial charge in [0.05, 0.1) is 18.7 Å². The maximum Gasteiger partial charge on any atom is 0.335 e. The van der Waals surface area contributed by atoms with Gasteiger partial charge in [0.2, 0.25) is 0 Å². The summed E-state index contributed by atoms with van der Waals surface area (Å²) >= 11 is 0. The number of carboxylic acid groups (broad SMARTS) is 1. The number of hydrogen-bond donors (Lipinski definition) is 1. The second-order valence-corrected chi connectivity index (χ2v) is 8.32. The molecular formula is C28H25N3O3. The molecule has 2 aliphatic rings. The number of ether oxygens (including phenoxy) is 1. The summed E-state index contributed by atoms with van der Waals surface area (Å²) in [5.74, 6) is 0.855. The van der Waals surface area contributed by atoms with Gasteiger partial charge < -0.3 is 14.7 Å². The van der Waals surface area contributed by atoms with Crippen molar-refractivity contribution in [2.45, 2.75) is 19.4 Å². The van der Waals surface area contributed by atoms with Gasteiger partial charge >= 0.3 is 5.97 Å². The summed E-state index contributed by atoms with van der Waals surface area (Å²) in [4.78, 5) is 22.4. The molecule has 6 heteroatoms. The quantitative estimate of drug-likeness (QED) is 0.552. The molecule has 0 amide bonds. The fourth-order valence-corrected chi connectivity index (χ4v) is 4.51. The van der Waals surface area contributed by atoms with Crippen LogP contribution in [0.2, 0.25) is 0 Å². The number of allylic oxidation sites excluding steroid dienone is 2. The minimum Gasteiger partial charge on any atom is -0.497 e. The number of hydrogen-bond acceptors (Lipinski definition) is 5. The average Bonchev–Trinajstić information content (AvgIpc) is 3.27. The van der Waals surface area contributed by atoms with E-state index in [1.54, 1.807) is 25.6 Å². The van der Waals surface area contributed by atoms with Gasteiger partial charge in [-0.1, -0.05) is 49.4 Å². The highest BCUT2D eigenvalue weighted by Crippen LogP contribution is 2.43. The van der Waals surface area contributed by atoms with E-state index >= 15 is 0 Å². The summed E-state index contributed by atoms with van der Waals surface area (Å²) in [6, 6.07) is 17.2. The molecule has 1 N–H and O–H groups in total. The van der Waals surface area contributed by atoms with Gasteiger partial charge in [-0.05, 0) is 53.0 Å². The molecule has 2 atom stereocenters. The number of carboxylic acids is 1. The Morgan fingerprint density at radius 3 is 2.47 bits per heavy atom. The summed E-state index contributed by atoms with van der Waals surface area (Å²) in [6.45, 7) is 2.08. The monoisotopic (exact) mass is 451 g/mol. The molecule has 2 heterocycles. The van der Waals surface area contributed by atoms with Crippen LogP contribution in [0.4, 0.5) is 5.82 Å². The number of nitrogens with zero attached hydrogens (tertiary/aromatic N) is 3. The highest BCUT2D eigenvalue weighted by molar-refractivity contribution is 5.89. The molecule has 34 heavy (non-hydrogen) atoms. The molecule has 6 nitrogen and oxygen atoms in total. The first-order valence-corrected chi connectivity index (χ1v) is 11.3. The van der Waals surface area contributed by atoms with Gasteiger partial charge in [0.15, 0.2) is 0 Å². The second kappa shape index (κ2) is 8.98. The van der Waals surface area contributed by atoms with Gasteiger partial charge in [0.25, 0.3) is 0 Å². The number of rotatable bonds is 6. The summed E-state index contributed by atoms with van der Waals surface area (Å²) in [5.41, 5.74) is 5.64. The fourth-order valence-electron chi connectivity index (χ4n) is 4.51. The SMILES string of the molecule is CCc1cc(N2C=C(c3ccc(C(=O)O)cc3)C3C=CC(c4ccc(OC)cc4)=CC32)ncn1. The number of aromatic carboxylic acids is 1. The number of methoxy groups -OCH3 is 1. The number of fused-ring (bicyclic) bond motifs is 1. The molecule has 0 fully saturated rings. The van der Waals surface area contributed by atoms with Crippen LogP contribution in [0, 0.1) is 5.92 Å². The predicted molar refractivity (Wildman–Crippen MR) is 133 cm³/mol. The Hall–Kier alpha value is -4.19. The van der Waals surface area contributed by atoms with Crippen LogP contribution in [-0.4, -0.2) is 34.2 Å². The van der Waals surface area contributed by atoms with E-state index in [1.165, 1.54) is 0 Å². The second-order valence-electron chi connectivity index (χ2n) is 8.32. The molecule has 0 saturated heterocycles. The highest BCUT2D eigenvalue weighted by Gasteiger charge is 2.36. The Kier molecular flexibility index (Phi) is 5.72. The van der Waals surface area contributed by atoms with Crippen LogP contribution >= 0.6 is 0 Å². The standard InChI is InChI=1S/C28H25N3O3/c1-3-22-15-27(30-17-29-22)31-16-25(19-4-6-20(7-5-19)28(32)33)24-13-10-21(14-26(24)31)18-8-11-23(34-2)12-9-18/h4-17,24,26H,3H2,1-2H3,(H,32,33). The summed E-state index contributed by atoms with van der Waals surface area (Å²) in [6.07, 6.45) is 11.2. The van der Waals surface area contributed by atoms with Crippen molar-refractivity contribution < 1.29 is 14.6 Å². The molecule has 1 aliphatic carbocycles. The predicted octanol–water partition coefficient (Wildman–Crippen LogP) is 5.25. The molecular weight excluding hydrogens is 426 g/mol. The van der Waals surface area contributed by atoms with Gasteiger partial charge in [-0.3, -0.25) is 0 Å². The van der Waals surface area contributed by atoms with Crippen LogP contribution in [0.5, 0.6) is 5.75 Å². The molecule has 1 aliphatic heterocycles. The van der Waals surface area contributed by atoms with E-state index in [9.17, 15) is 9.90 Å². The lowest BCUT2D eigenvalue weighted by atomic mass is 9.84. The lowest BCUT2D eigenvalue weighted by Gasteiger charge is -2.29. The Morgan fingerprint density at radius 2 is 1.79 bits per heavy atom. The van der Waals surface area contributed by atoms with E-state index in [1.807, 2.05) is 30.3 Å². The topological polar surface area (TPSA) is 75.6 Å². The minimum atomic E-state index is -0.927. The van der Waals surface area contributed by atoms with E-state index in [0.717, 1.165) is 46.0 Å². The molecule has 170 valence electrons. The fraction of sp³-hybridized carbons (Fsp3) is 0.179. The minimum absolute atomic E-state index is 0.0378. The van der Waals surface area contributed by atoms with Crippen molar-refractivity contribution in [1.82, 2.24) is 9.97 Å². The Balaban J connectivity index is 1.55. The summed E-state index contributed by atoms with van der Waals surface area (Å²) < 4.78 is 5.30. The lowest BCUT2D eigenvalue weighted by Crippen LogP contribution is -2.32. The lowest BCUT2D eigenvalue weighted by molar-refractivity contribution is 0.0697. The van der Waals surface area contributed by atoms with E-state index in [2.05, 4.69) is 58.4 Å². The molecule has 5 rings (SSSR count). The number of aryl methyl sites for hydroxylation is 1. The summed E-state index contributed by atoms with van der Waals surface area (Å²) in [7, 11) is 1.66. The number of aromatic nitrogens is 2. The van der Waals surface area contributed by atoms with Crippen molar-refractivity contribution in [1.29, 1.82) is 0 Å². The first-order chi connectivity index (χ1) is 16.6. The van der Waals surface area contributed by atoms with E-state index in [0.29, 0.717) is 0 Å². The van der Waals surface area contributed by atoms with Gasteiger partial charge in [-0.15, -0.1) is 0 Å². The molecule has 0 saturated carbocycles. The third-order valence-corrected chi connectivity index (χ3v) is 6.38. The first-order valence-electron chi connectivity index (χ1n) is 11.3. The van der Waals surface area contributed by atoms with Crippen LogP contribution in [0.1, 0.15) is 34.1 Å². The molecule has 3 aromatic rings. The first kappa shape index (κ1) is 21.6. The Labute approximate surface area is 198 Å². The third kappa shape index (κ3) is 3.99. The number of carbonyl (C=O) groups is 1. The van der Waals surface area contributed by atoms with E-state index < -0.39 is 5.97 Å².